The van der Waals surface area contributed by atoms with Crippen LogP contribution in [-0.4, -0.2) is 13.7 Å². The van der Waals surface area contributed by atoms with Gasteiger partial charge in [0.15, 0.2) is 18.9 Å². The highest BCUT2D eigenvalue weighted by Gasteiger charge is 2.19. The molecule has 1 aromatic heterocycles. The predicted molar refractivity (Wildman–Crippen MR) is 38.7 cm³/mol. The molecule has 1 aliphatic heterocycles. The number of ether oxygens (including phenoxy) is 2. The summed E-state index contributed by atoms with van der Waals surface area (Å²) < 4.78 is 12.4. The molecular formula is C8H10BrNO2. The summed E-state index contributed by atoms with van der Waals surface area (Å²) in [6.45, 7) is 1.69. The van der Waals surface area contributed by atoms with Gasteiger partial charge >= 0.3 is 5.88 Å². The summed E-state index contributed by atoms with van der Waals surface area (Å²) in [6, 6.07) is 3.82. The van der Waals surface area contributed by atoms with Gasteiger partial charge in [-0.15, -0.1) is 0 Å². The van der Waals surface area contributed by atoms with Gasteiger partial charge in [0.05, 0.1) is 13.2 Å². The van der Waals surface area contributed by atoms with Gasteiger partial charge in [-0.05, 0) is 6.07 Å². The maximum Gasteiger partial charge on any atom is 0.368 e. The molecule has 2 rings (SSSR count). The van der Waals surface area contributed by atoms with Crippen molar-refractivity contribution in [2.75, 3.05) is 13.7 Å². The molecule has 0 spiro atoms. The molecule has 0 saturated carbocycles. The van der Waals surface area contributed by atoms with Gasteiger partial charge in [0, 0.05) is 0 Å². The first-order valence-corrected chi connectivity index (χ1v) is 3.60. The predicted octanol–water partition coefficient (Wildman–Crippen LogP) is -2.62. The van der Waals surface area contributed by atoms with Gasteiger partial charge in [-0.1, -0.05) is 0 Å². The fourth-order valence-corrected chi connectivity index (χ4v) is 1.18. The van der Waals surface area contributed by atoms with Crippen LogP contribution in [0.5, 0.6) is 11.6 Å². The standard InChI is InChI=1S/C8H10NO2.BrH/c1-10-7-2-3-8-9(6-7)4-5-11-8;/h2-3,6H,4-5H2,1H3;1H/q+1;/p-1. The molecule has 0 atom stereocenters. The Kier molecular flexibility index (Phi) is 2.92. The van der Waals surface area contributed by atoms with E-state index in [4.69, 9.17) is 9.47 Å². The van der Waals surface area contributed by atoms with E-state index in [-0.39, 0.29) is 17.0 Å². The van der Waals surface area contributed by atoms with Gasteiger partial charge in [-0.3, -0.25) is 0 Å². The Morgan fingerprint density at radius 3 is 3.08 bits per heavy atom. The zero-order valence-corrected chi connectivity index (χ0v) is 8.37. The van der Waals surface area contributed by atoms with E-state index in [0.29, 0.717) is 0 Å². The van der Waals surface area contributed by atoms with Gasteiger partial charge in [-0.2, -0.15) is 4.57 Å². The normalized spacial score (nSPS) is 12.8. The van der Waals surface area contributed by atoms with E-state index < -0.39 is 0 Å². The topological polar surface area (TPSA) is 22.3 Å². The molecule has 4 heteroatoms. The Hall–Kier alpha value is -0.770. The first kappa shape index (κ1) is 9.32. The van der Waals surface area contributed by atoms with E-state index in [2.05, 4.69) is 0 Å². The number of halogens is 1. The van der Waals surface area contributed by atoms with Crippen LogP contribution >= 0.6 is 0 Å². The molecule has 0 fully saturated rings. The van der Waals surface area contributed by atoms with Gasteiger partial charge in [0.25, 0.3) is 0 Å². The first-order valence-electron chi connectivity index (χ1n) is 3.60. The lowest BCUT2D eigenvalue weighted by molar-refractivity contribution is -0.679. The number of aromatic nitrogens is 1. The summed E-state index contributed by atoms with van der Waals surface area (Å²) in [5, 5.41) is 0. The van der Waals surface area contributed by atoms with Crippen molar-refractivity contribution in [2.24, 2.45) is 0 Å². The maximum atomic E-state index is 5.31. The highest BCUT2D eigenvalue weighted by atomic mass is 79.9. The third-order valence-electron chi connectivity index (χ3n) is 1.77. The van der Waals surface area contributed by atoms with E-state index in [1.165, 1.54) is 0 Å². The molecule has 1 aliphatic rings. The summed E-state index contributed by atoms with van der Waals surface area (Å²) >= 11 is 0. The van der Waals surface area contributed by atoms with Crippen LogP contribution in [0.2, 0.25) is 0 Å². The molecule has 12 heavy (non-hydrogen) atoms. The molecule has 0 N–H and O–H groups in total. The second-order valence-corrected chi connectivity index (χ2v) is 2.45. The molecule has 0 aliphatic carbocycles. The Morgan fingerprint density at radius 2 is 2.33 bits per heavy atom. The molecule has 1 aromatic rings. The van der Waals surface area contributed by atoms with Crippen molar-refractivity contribution >= 4 is 0 Å². The number of methoxy groups -OCH3 is 1. The Morgan fingerprint density at radius 1 is 1.50 bits per heavy atom. The molecule has 66 valence electrons. The average Bonchev–Trinajstić information content (AvgIpc) is 2.50. The lowest BCUT2D eigenvalue weighted by Gasteiger charge is -1.95. The van der Waals surface area contributed by atoms with Crippen LogP contribution in [0, 0.1) is 0 Å². The van der Waals surface area contributed by atoms with Crippen molar-refractivity contribution in [1.82, 2.24) is 0 Å². The third kappa shape index (κ3) is 1.53. The molecule has 2 heterocycles. The van der Waals surface area contributed by atoms with Crippen LogP contribution in [0.4, 0.5) is 0 Å². The lowest BCUT2D eigenvalue weighted by Crippen LogP contribution is -3.00. The van der Waals surface area contributed by atoms with E-state index in [1.54, 1.807) is 7.11 Å². The van der Waals surface area contributed by atoms with Crippen molar-refractivity contribution in [3.8, 4) is 11.6 Å². The SMILES string of the molecule is COc1ccc2[n+](c1)CCO2.[Br-]. The molecule has 0 radical (unpaired) electrons. The number of rotatable bonds is 1. The minimum atomic E-state index is 0. The maximum absolute atomic E-state index is 5.31. The molecule has 0 aromatic carbocycles. The van der Waals surface area contributed by atoms with Crippen LogP contribution in [0.25, 0.3) is 0 Å². The van der Waals surface area contributed by atoms with Gasteiger partial charge < -0.3 is 26.5 Å². The Labute approximate surface area is 81.7 Å². The summed E-state index contributed by atoms with van der Waals surface area (Å²) in [5.74, 6) is 1.80. The minimum absolute atomic E-state index is 0. The van der Waals surface area contributed by atoms with Gasteiger partial charge in [0.2, 0.25) is 6.20 Å². The smallest absolute Gasteiger partial charge is 0.368 e. The van der Waals surface area contributed by atoms with Crippen LogP contribution in [0.3, 0.4) is 0 Å². The molecular weight excluding hydrogens is 222 g/mol. The largest absolute Gasteiger partial charge is 1.00 e. The summed E-state index contributed by atoms with van der Waals surface area (Å²) in [6.07, 6.45) is 1.95. The van der Waals surface area contributed by atoms with Crippen LogP contribution < -0.4 is 31.0 Å². The zero-order valence-electron chi connectivity index (χ0n) is 6.79. The quantitative estimate of drug-likeness (QED) is 0.495. The number of fused-ring (bicyclic) bond motifs is 1. The highest BCUT2D eigenvalue weighted by molar-refractivity contribution is 5.18. The summed E-state index contributed by atoms with van der Waals surface area (Å²) in [4.78, 5) is 0. The fourth-order valence-electron chi connectivity index (χ4n) is 1.18. The lowest BCUT2D eigenvalue weighted by atomic mass is 10.4. The van der Waals surface area contributed by atoms with Crippen molar-refractivity contribution in [2.45, 2.75) is 6.54 Å². The number of nitrogens with zero attached hydrogens (tertiary/aromatic N) is 1. The molecule has 0 amide bonds. The molecule has 0 saturated heterocycles. The van der Waals surface area contributed by atoms with E-state index in [9.17, 15) is 0 Å². The first-order chi connectivity index (χ1) is 5.40. The van der Waals surface area contributed by atoms with Crippen LogP contribution in [0.15, 0.2) is 18.3 Å². The van der Waals surface area contributed by atoms with Gasteiger partial charge in [-0.25, -0.2) is 0 Å². The van der Waals surface area contributed by atoms with E-state index in [0.717, 1.165) is 24.8 Å². The highest BCUT2D eigenvalue weighted by Crippen LogP contribution is 2.13. The van der Waals surface area contributed by atoms with Crippen LogP contribution in [0.1, 0.15) is 0 Å². The number of pyridine rings is 1. The second kappa shape index (κ2) is 3.76. The summed E-state index contributed by atoms with van der Waals surface area (Å²) in [7, 11) is 1.66. The molecule has 0 bridgehead atoms. The van der Waals surface area contributed by atoms with Crippen molar-refractivity contribution in [3.63, 3.8) is 0 Å². The fraction of sp³-hybridized carbons (Fsp3) is 0.375. The van der Waals surface area contributed by atoms with E-state index in [1.807, 2.05) is 22.9 Å². The van der Waals surface area contributed by atoms with Gasteiger partial charge in [0.1, 0.15) is 0 Å². The molecule has 0 unspecified atom stereocenters. The van der Waals surface area contributed by atoms with Crippen molar-refractivity contribution in [1.29, 1.82) is 0 Å². The summed E-state index contributed by atoms with van der Waals surface area (Å²) in [5.41, 5.74) is 0. The number of hydrogen-bond donors (Lipinski definition) is 0. The Bertz CT molecular complexity index is 278. The third-order valence-corrected chi connectivity index (χ3v) is 1.77. The van der Waals surface area contributed by atoms with Crippen molar-refractivity contribution < 1.29 is 31.0 Å². The average molecular weight is 232 g/mol. The second-order valence-electron chi connectivity index (χ2n) is 2.45. The zero-order chi connectivity index (χ0) is 7.68. The number of hydrogen-bond acceptors (Lipinski definition) is 2. The minimum Gasteiger partial charge on any atom is -1.00 e. The van der Waals surface area contributed by atoms with Crippen LogP contribution in [-0.2, 0) is 6.54 Å². The van der Waals surface area contributed by atoms with Crippen molar-refractivity contribution in [3.05, 3.63) is 18.3 Å². The monoisotopic (exact) mass is 231 g/mol. The molecule has 3 nitrogen and oxygen atoms in total. The van der Waals surface area contributed by atoms with E-state index >= 15 is 0 Å². The Balaban J connectivity index is 0.000000720.